The Bertz CT molecular complexity index is 897. The lowest BCUT2D eigenvalue weighted by atomic mass is 10.1. The van der Waals surface area contributed by atoms with E-state index in [-0.39, 0.29) is 12.4 Å². The van der Waals surface area contributed by atoms with Crippen LogP contribution in [0.2, 0.25) is 0 Å². The summed E-state index contributed by atoms with van der Waals surface area (Å²) in [6, 6.07) is 15.6. The minimum Gasteiger partial charge on any atom is -0.497 e. The molecule has 6 nitrogen and oxygen atoms in total. The maximum Gasteiger partial charge on any atom is 0.123 e. The van der Waals surface area contributed by atoms with Crippen molar-refractivity contribution in [3.05, 3.63) is 66.1 Å². The van der Waals surface area contributed by atoms with E-state index in [0.29, 0.717) is 12.3 Å². The Morgan fingerprint density at radius 2 is 1.80 bits per heavy atom. The summed E-state index contributed by atoms with van der Waals surface area (Å²) in [4.78, 5) is 2.08. The van der Waals surface area contributed by atoms with E-state index in [2.05, 4.69) is 15.1 Å². The Balaban J connectivity index is 1.36. The summed E-state index contributed by atoms with van der Waals surface area (Å²) in [7, 11) is 3.60. The summed E-state index contributed by atoms with van der Waals surface area (Å²) in [5, 5.41) is 17.6. The van der Waals surface area contributed by atoms with E-state index in [0.717, 1.165) is 42.1 Å². The standard InChI is InChI=1S/C23H28FN3O3/c1-27(15-20(28)16-30-22-11-9-21(29-2)10-12-22)13-3-4-19-14-23(26-25-19)17-5-7-18(24)8-6-17/h5-12,14,20,28H,3-4,13,15-16H2,1-2H3,(H,25,26). The Morgan fingerprint density at radius 1 is 1.10 bits per heavy atom. The van der Waals surface area contributed by atoms with E-state index < -0.39 is 6.10 Å². The summed E-state index contributed by atoms with van der Waals surface area (Å²) in [6.45, 7) is 1.60. The predicted octanol–water partition coefficient (Wildman–Crippen LogP) is 3.53. The van der Waals surface area contributed by atoms with Crippen LogP contribution in [0.5, 0.6) is 11.5 Å². The number of nitrogens with one attached hydrogen (secondary N) is 1. The SMILES string of the molecule is COc1ccc(OCC(O)CN(C)CCCc2cc(-c3ccc(F)cc3)n[nH]2)cc1. The van der Waals surface area contributed by atoms with Crippen molar-refractivity contribution >= 4 is 0 Å². The number of H-pyrrole nitrogens is 1. The van der Waals surface area contributed by atoms with Gasteiger partial charge >= 0.3 is 0 Å². The van der Waals surface area contributed by atoms with Gasteiger partial charge in [0, 0.05) is 17.8 Å². The van der Waals surface area contributed by atoms with E-state index in [4.69, 9.17) is 9.47 Å². The molecule has 160 valence electrons. The van der Waals surface area contributed by atoms with Gasteiger partial charge in [0.05, 0.1) is 12.8 Å². The van der Waals surface area contributed by atoms with Gasteiger partial charge < -0.3 is 19.5 Å². The molecular weight excluding hydrogens is 385 g/mol. The number of halogens is 1. The Kier molecular flexibility index (Phi) is 7.82. The second-order valence-electron chi connectivity index (χ2n) is 7.29. The molecule has 0 saturated heterocycles. The highest BCUT2D eigenvalue weighted by molar-refractivity contribution is 5.58. The number of aliphatic hydroxyl groups is 1. The molecular formula is C23H28FN3O3. The number of aromatic amines is 1. The van der Waals surface area contributed by atoms with Crippen molar-refractivity contribution in [2.24, 2.45) is 0 Å². The minimum atomic E-state index is -0.575. The highest BCUT2D eigenvalue weighted by Gasteiger charge is 2.10. The molecule has 1 unspecified atom stereocenters. The first-order valence-electron chi connectivity index (χ1n) is 9.97. The number of ether oxygens (including phenoxy) is 2. The van der Waals surface area contributed by atoms with Gasteiger partial charge in [-0.25, -0.2) is 4.39 Å². The van der Waals surface area contributed by atoms with Crippen LogP contribution < -0.4 is 9.47 Å². The van der Waals surface area contributed by atoms with Crippen molar-refractivity contribution in [2.75, 3.05) is 33.9 Å². The first-order valence-corrected chi connectivity index (χ1v) is 9.97. The molecule has 0 aliphatic rings. The smallest absolute Gasteiger partial charge is 0.123 e. The summed E-state index contributed by atoms with van der Waals surface area (Å²) < 4.78 is 23.8. The van der Waals surface area contributed by atoms with Gasteiger partial charge in [0.1, 0.15) is 30.0 Å². The van der Waals surface area contributed by atoms with Crippen LogP contribution in [0.15, 0.2) is 54.6 Å². The average Bonchev–Trinajstić information content (AvgIpc) is 3.22. The van der Waals surface area contributed by atoms with Crippen LogP contribution in [-0.4, -0.2) is 60.2 Å². The van der Waals surface area contributed by atoms with E-state index in [1.165, 1.54) is 12.1 Å². The van der Waals surface area contributed by atoms with Crippen molar-refractivity contribution in [3.63, 3.8) is 0 Å². The number of hydrogen-bond donors (Lipinski definition) is 2. The zero-order valence-electron chi connectivity index (χ0n) is 17.3. The second-order valence-corrected chi connectivity index (χ2v) is 7.29. The van der Waals surface area contributed by atoms with Gasteiger partial charge in [-0.05, 0) is 81.0 Å². The van der Waals surface area contributed by atoms with Crippen LogP contribution in [0.1, 0.15) is 12.1 Å². The van der Waals surface area contributed by atoms with Gasteiger partial charge in [0.15, 0.2) is 0 Å². The normalized spacial score (nSPS) is 12.2. The summed E-state index contributed by atoms with van der Waals surface area (Å²) >= 11 is 0. The van der Waals surface area contributed by atoms with Gasteiger partial charge in [0.25, 0.3) is 0 Å². The first-order chi connectivity index (χ1) is 14.5. The molecule has 0 radical (unpaired) electrons. The number of nitrogens with zero attached hydrogens (tertiary/aromatic N) is 2. The molecule has 0 aliphatic heterocycles. The molecule has 0 fully saturated rings. The third kappa shape index (κ3) is 6.57. The highest BCUT2D eigenvalue weighted by atomic mass is 19.1. The average molecular weight is 413 g/mol. The monoisotopic (exact) mass is 413 g/mol. The third-order valence-corrected chi connectivity index (χ3v) is 4.78. The molecule has 0 aliphatic carbocycles. The zero-order valence-corrected chi connectivity index (χ0v) is 17.3. The quantitative estimate of drug-likeness (QED) is 0.503. The van der Waals surface area contributed by atoms with Crippen LogP contribution in [0.4, 0.5) is 4.39 Å². The third-order valence-electron chi connectivity index (χ3n) is 4.78. The van der Waals surface area contributed by atoms with Crippen molar-refractivity contribution < 1.29 is 19.0 Å². The fourth-order valence-electron chi connectivity index (χ4n) is 3.17. The molecule has 0 bridgehead atoms. The van der Waals surface area contributed by atoms with Crippen molar-refractivity contribution in [1.82, 2.24) is 15.1 Å². The summed E-state index contributed by atoms with van der Waals surface area (Å²) in [6.07, 6.45) is 1.19. The number of methoxy groups -OCH3 is 1. The van der Waals surface area contributed by atoms with E-state index in [1.807, 2.05) is 37.4 Å². The van der Waals surface area contributed by atoms with Crippen LogP contribution >= 0.6 is 0 Å². The number of aromatic nitrogens is 2. The van der Waals surface area contributed by atoms with Crippen LogP contribution in [-0.2, 0) is 6.42 Å². The number of aryl methyl sites for hydroxylation is 1. The number of likely N-dealkylation sites (N-methyl/N-ethyl adjacent to an activating group) is 1. The van der Waals surface area contributed by atoms with Crippen LogP contribution in [0.25, 0.3) is 11.3 Å². The highest BCUT2D eigenvalue weighted by Crippen LogP contribution is 2.19. The van der Waals surface area contributed by atoms with Crippen LogP contribution in [0, 0.1) is 5.82 Å². The van der Waals surface area contributed by atoms with E-state index in [9.17, 15) is 9.50 Å². The minimum absolute atomic E-state index is 0.234. The lowest BCUT2D eigenvalue weighted by Crippen LogP contribution is -2.33. The predicted molar refractivity (Wildman–Crippen MR) is 114 cm³/mol. The van der Waals surface area contributed by atoms with Gasteiger partial charge in [-0.15, -0.1) is 0 Å². The molecule has 3 aromatic rings. The number of benzene rings is 2. The molecule has 3 rings (SSSR count). The number of hydrogen-bond acceptors (Lipinski definition) is 5. The second kappa shape index (κ2) is 10.8. The lowest BCUT2D eigenvalue weighted by molar-refractivity contribution is 0.0760. The van der Waals surface area contributed by atoms with Gasteiger partial charge in [-0.1, -0.05) is 0 Å². The van der Waals surface area contributed by atoms with E-state index >= 15 is 0 Å². The maximum atomic E-state index is 13.0. The molecule has 0 spiro atoms. The van der Waals surface area contributed by atoms with Gasteiger partial charge in [0.2, 0.25) is 0 Å². The van der Waals surface area contributed by atoms with Crippen LogP contribution in [0.3, 0.4) is 0 Å². The molecule has 0 saturated carbocycles. The maximum absolute atomic E-state index is 13.0. The van der Waals surface area contributed by atoms with E-state index in [1.54, 1.807) is 19.2 Å². The zero-order chi connectivity index (χ0) is 21.3. The molecule has 1 aromatic heterocycles. The van der Waals surface area contributed by atoms with Crippen molar-refractivity contribution in [1.29, 1.82) is 0 Å². The Morgan fingerprint density at radius 3 is 2.50 bits per heavy atom. The molecule has 2 aromatic carbocycles. The molecule has 2 N–H and O–H groups in total. The fourth-order valence-corrected chi connectivity index (χ4v) is 3.17. The first kappa shape index (κ1) is 21.8. The lowest BCUT2D eigenvalue weighted by Gasteiger charge is -2.20. The van der Waals surface area contributed by atoms with Crippen molar-refractivity contribution in [3.8, 4) is 22.8 Å². The number of rotatable bonds is 11. The van der Waals surface area contributed by atoms with Crippen molar-refractivity contribution in [2.45, 2.75) is 18.9 Å². The molecule has 7 heteroatoms. The molecule has 1 heterocycles. The van der Waals surface area contributed by atoms with Gasteiger partial charge in [-0.2, -0.15) is 5.10 Å². The fraction of sp³-hybridized carbons (Fsp3) is 0.348. The Hall–Kier alpha value is -2.90. The molecule has 0 amide bonds. The Labute approximate surface area is 176 Å². The molecule has 1 atom stereocenters. The topological polar surface area (TPSA) is 70.6 Å². The largest absolute Gasteiger partial charge is 0.497 e. The number of aliphatic hydroxyl groups excluding tert-OH is 1. The summed E-state index contributed by atoms with van der Waals surface area (Å²) in [5.74, 6) is 1.22. The summed E-state index contributed by atoms with van der Waals surface area (Å²) in [5.41, 5.74) is 2.73. The van der Waals surface area contributed by atoms with Gasteiger partial charge in [-0.3, -0.25) is 5.10 Å². The molecule has 30 heavy (non-hydrogen) atoms.